The SMILES string of the molecule is COCCNCc1ccccc1Oc1ccc(F)c(Br)c1. The molecule has 0 fully saturated rings. The maximum atomic E-state index is 13.2. The fourth-order valence-corrected chi connectivity index (χ4v) is 2.17. The molecule has 1 N–H and O–H groups in total. The Kier molecular flexibility index (Phi) is 6.17. The van der Waals surface area contributed by atoms with E-state index in [4.69, 9.17) is 9.47 Å². The molecule has 0 radical (unpaired) electrons. The average Bonchev–Trinajstić information content (AvgIpc) is 2.49. The van der Waals surface area contributed by atoms with Crippen molar-refractivity contribution >= 4 is 15.9 Å². The molecule has 0 amide bonds. The highest BCUT2D eigenvalue weighted by atomic mass is 79.9. The summed E-state index contributed by atoms with van der Waals surface area (Å²) < 4.78 is 24.4. The number of methoxy groups -OCH3 is 1. The number of para-hydroxylation sites is 1. The normalized spacial score (nSPS) is 10.6. The zero-order valence-electron chi connectivity index (χ0n) is 11.7. The van der Waals surface area contributed by atoms with E-state index in [1.54, 1.807) is 19.2 Å². The molecule has 21 heavy (non-hydrogen) atoms. The summed E-state index contributed by atoms with van der Waals surface area (Å²) in [4.78, 5) is 0. The van der Waals surface area contributed by atoms with E-state index in [2.05, 4.69) is 21.2 Å². The fraction of sp³-hybridized carbons (Fsp3) is 0.250. The van der Waals surface area contributed by atoms with Gasteiger partial charge in [0.25, 0.3) is 0 Å². The summed E-state index contributed by atoms with van der Waals surface area (Å²) in [5, 5.41) is 3.28. The first kappa shape index (κ1) is 15.9. The Hall–Kier alpha value is -1.43. The lowest BCUT2D eigenvalue weighted by atomic mass is 10.2. The molecule has 0 aliphatic heterocycles. The van der Waals surface area contributed by atoms with Gasteiger partial charge >= 0.3 is 0 Å². The minimum atomic E-state index is -0.308. The monoisotopic (exact) mass is 353 g/mol. The van der Waals surface area contributed by atoms with Crippen LogP contribution in [0.4, 0.5) is 4.39 Å². The molecule has 0 bridgehead atoms. The molecule has 2 aromatic carbocycles. The van der Waals surface area contributed by atoms with Crippen molar-refractivity contribution in [3.63, 3.8) is 0 Å². The van der Waals surface area contributed by atoms with Crippen LogP contribution < -0.4 is 10.1 Å². The van der Waals surface area contributed by atoms with Crippen molar-refractivity contribution in [2.45, 2.75) is 6.54 Å². The Bertz CT molecular complexity index is 592. The number of hydrogen-bond acceptors (Lipinski definition) is 3. The molecule has 0 unspecified atom stereocenters. The van der Waals surface area contributed by atoms with Crippen LogP contribution in [0, 0.1) is 5.82 Å². The summed E-state index contributed by atoms with van der Waals surface area (Å²) in [6, 6.07) is 12.4. The third-order valence-corrected chi connectivity index (χ3v) is 3.50. The van der Waals surface area contributed by atoms with Crippen molar-refractivity contribution in [3.05, 3.63) is 58.3 Å². The van der Waals surface area contributed by atoms with Crippen molar-refractivity contribution in [3.8, 4) is 11.5 Å². The topological polar surface area (TPSA) is 30.5 Å². The quantitative estimate of drug-likeness (QED) is 0.759. The lowest BCUT2D eigenvalue weighted by molar-refractivity contribution is 0.199. The third-order valence-electron chi connectivity index (χ3n) is 2.89. The minimum Gasteiger partial charge on any atom is -0.457 e. The highest BCUT2D eigenvalue weighted by molar-refractivity contribution is 9.10. The lowest BCUT2D eigenvalue weighted by Gasteiger charge is -2.12. The summed E-state index contributed by atoms with van der Waals surface area (Å²) in [5.41, 5.74) is 1.04. The number of nitrogens with one attached hydrogen (secondary N) is 1. The van der Waals surface area contributed by atoms with Gasteiger partial charge in [0.05, 0.1) is 11.1 Å². The van der Waals surface area contributed by atoms with Crippen molar-refractivity contribution in [1.82, 2.24) is 5.32 Å². The Morgan fingerprint density at radius 1 is 1.19 bits per heavy atom. The van der Waals surface area contributed by atoms with E-state index in [0.717, 1.165) is 17.9 Å². The summed E-state index contributed by atoms with van der Waals surface area (Å²) in [6.45, 7) is 2.11. The van der Waals surface area contributed by atoms with E-state index in [-0.39, 0.29) is 5.82 Å². The average molecular weight is 354 g/mol. The van der Waals surface area contributed by atoms with Crippen molar-refractivity contribution in [1.29, 1.82) is 0 Å². The van der Waals surface area contributed by atoms with Crippen LogP contribution in [0.15, 0.2) is 46.9 Å². The standard InChI is InChI=1S/C16H17BrFNO2/c1-20-9-8-19-11-12-4-2-3-5-16(12)21-13-6-7-15(18)14(17)10-13/h2-7,10,19H,8-9,11H2,1H3. The highest BCUT2D eigenvalue weighted by Crippen LogP contribution is 2.28. The van der Waals surface area contributed by atoms with E-state index in [9.17, 15) is 4.39 Å². The first-order valence-electron chi connectivity index (χ1n) is 6.61. The molecule has 0 heterocycles. The zero-order valence-corrected chi connectivity index (χ0v) is 13.3. The van der Waals surface area contributed by atoms with Gasteiger partial charge in [0, 0.05) is 25.8 Å². The van der Waals surface area contributed by atoms with E-state index < -0.39 is 0 Å². The Morgan fingerprint density at radius 2 is 2.00 bits per heavy atom. The summed E-state index contributed by atoms with van der Waals surface area (Å²) in [5.74, 6) is 1.03. The summed E-state index contributed by atoms with van der Waals surface area (Å²) in [7, 11) is 1.67. The van der Waals surface area contributed by atoms with Crippen LogP contribution >= 0.6 is 15.9 Å². The van der Waals surface area contributed by atoms with Crippen LogP contribution in [0.2, 0.25) is 0 Å². The smallest absolute Gasteiger partial charge is 0.137 e. The first-order chi connectivity index (χ1) is 10.2. The van der Waals surface area contributed by atoms with Crippen molar-refractivity contribution in [2.75, 3.05) is 20.3 Å². The van der Waals surface area contributed by atoms with Crippen molar-refractivity contribution < 1.29 is 13.9 Å². The minimum absolute atomic E-state index is 0.308. The van der Waals surface area contributed by atoms with Gasteiger partial charge in [0.1, 0.15) is 17.3 Å². The predicted octanol–water partition coefficient (Wildman–Crippen LogP) is 4.12. The molecule has 0 aromatic heterocycles. The summed E-state index contributed by atoms with van der Waals surface area (Å²) in [6.07, 6.45) is 0. The van der Waals surface area contributed by atoms with Gasteiger partial charge < -0.3 is 14.8 Å². The third kappa shape index (κ3) is 4.81. The summed E-state index contributed by atoms with van der Waals surface area (Å²) >= 11 is 3.16. The molecule has 2 rings (SSSR count). The van der Waals surface area contributed by atoms with Gasteiger partial charge in [-0.3, -0.25) is 0 Å². The van der Waals surface area contributed by atoms with Gasteiger partial charge in [-0.15, -0.1) is 0 Å². The number of halogens is 2. The van der Waals surface area contributed by atoms with Gasteiger partial charge in [0.15, 0.2) is 0 Å². The predicted molar refractivity (Wildman–Crippen MR) is 84.2 cm³/mol. The van der Waals surface area contributed by atoms with Crippen LogP contribution in [0.1, 0.15) is 5.56 Å². The van der Waals surface area contributed by atoms with Gasteiger partial charge in [0.2, 0.25) is 0 Å². The van der Waals surface area contributed by atoms with Gasteiger partial charge in [-0.1, -0.05) is 18.2 Å². The molecule has 0 atom stereocenters. The molecular formula is C16H17BrFNO2. The second-order valence-corrected chi connectivity index (χ2v) is 5.31. The molecule has 0 spiro atoms. The van der Waals surface area contributed by atoms with E-state index >= 15 is 0 Å². The molecule has 112 valence electrons. The largest absolute Gasteiger partial charge is 0.457 e. The number of benzene rings is 2. The maximum absolute atomic E-state index is 13.2. The molecule has 0 aliphatic rings. The zero-order chi connectivity index (χ0) is 15.1. The molecule has 0 saturated heterocycles. The van der Waals surface area contributed by atoms with Crippen LogP contribution in [0.5, 0.6) is 11.5 Å². The molecule has 0 aliphatic carbocycles. The Morgan fingerprint density at radius 3 is 2.76 bits per heavy atom. The van der Waals surface area contributed by atoms with E-state index in [1.807, 2.05) is 24.3 Å². The second-order valence-electron chi connectivity index (χ2n) is 4.46. The van der Waals surface area contributed by atoms with Gasteiger partial charge in [-0.05, 0) is 40.2 Å². The lowest BCUT2D eigenvalue weighted by Crippen LogP contribution is -2.18. The fourth-order valence-electron chi connectivity index (χ4n) is 1.81. The second kappa shape index (κ2) is 8.12. The highest BCUT2D eigenvalue weighted by Gasteiger charge is 2.06. The van der Waals surface area contributed by atoms with Crippen LogP contribution in [-0.4, -0.2) is 20.3 Å². The van der Waals surface area contributed by atoms with Crippen molar-refractivity contribution in [2.24, 2.45) is 0 Å². The number of rotatable bonds is 7. The number of ether oxygens (including phenoxy) is 2. The van der Waals surface area contributed by atoms with Gasteiger partial charge in [-0.2, -0.15) is 0 Å². The van der Waals surface area contributed by atoms with E-state index in [0.29, 0.717) is 23.4 Å². The van der Waals surface area contributed by atoms with Crippen LogP contribution in [-0.2, 0) is 11.3 Å². The first-order valence-corrected chi connectivity index (χ1v) is 7.40. The maximum Gasteiger partial charge on any atom is 0.137 e. The Labute approximate surface area is 132 Å². The molecular weight excluding hydrogens is 337 g/mol. The molecule has 3 nitrogen and oxygen atoms in total. The Balaban J connectivity index is 2.06. The molecule has 5 heteroatoms. The molecule has 2 aromatic rings. The van der Waals surface area contributed by atoms with Gasteiger partial charge in [-0.25, -0.2) is 4.39 Å². The van der Waals surface area contributed by atoms with Crippen LogP contribution in [0.25, 0.3) is 0 Å². The number of hydrogen-bond donors (Lipinski definition) is 1. The van der Waals surface area contributed by atoms with E-state index in [1.165, 1.54) is 6.07 Å². The molecule has 0 saturated carbocycles. The van der Waals surface area contributed by atoms with Crippen LogP contribution in [0.3, 0.4) is 0 Å².